The number of halogens is 1. The van der Waals surface area contributed by atoms with Crippen LogP contribution in [0.4, 0.5) is 0 Å². The van der Waals surface area contributed by atoms with Crippen LogP contribution in [0.25, 0.3) is 0 Å². The van der Waals surface area contributed by atoms with Crippen molar-refractivity contribution in [1.82, 2.24) is 10.6 Å². The predicted octanol–water partition coefficient (Wildman–Crippen LogP) is -0.129. The van der Waals surface area contributed by atoms with Crippen LogP contribution >= 0.6 is 12.4 Å². The molecule has 0 aromatic carbocycles. The smallest absolute Gasteiger partial charge is 0.236 e. The molecule has 1 rings (SSSR count). The quantitative estimate of drug-likeness (QED) is 0.622. The molecule has 0 saturated carbocycles. The molecule has 0 aromatic heterocycles. The lowest BCUT2D eigenvalue weighted by molar-refractivity contribution is -0.122. The van der Waals surface area contributed by atoms with E-state index in [4.69, 9.17) is 5.73 Å². The third kappa shape index (κ3) is 4.79. The van der Waals surface area contributed by atoms with Crippen LogP contribution in [0.15, 0.2) is 0 Å². The average Bonchev–Trinajstić information content (AvgIpc) is 2.15. The minimum Gasteiger partial charge on any atom is -0.354 e. The van der Waals surface area contributed by atoms with Crippen LogP contribution in [0.5, 0.6) is 0 Å². The number of piperidine rings is 1. The SMILES string of the molecule is C[C@@H](N)C(=O)NCC1CCCNC1.Cl. The van der Waals surface area contributed by atoms with Gasteiger partial charge in [0.25, 0.3) is 0 Å². The molecule has 2 atom stereocenters. The van der Waals surface area contributed by atoms with Crippen molar-refractivity contribution in [2.24, 2.45) is 11.7 Å². The Labute approximate surface area is 91.4 Å². The monoisotopic (exact) mass is 221 g/mol. The molecule has 4 nitrogen and oxygen atoms in total. The first-order valence-electron chi connectivity index (χ1n) is 4.94. The number of amides is 1. The van der Waals surface area contributed by atoms with E-state index >= 15 is 0 Å². The average molecular weight is 222 g/mol. The van der Waals surface area contributed by atoms with Crippen molar-refractivity contribution in [1.29, 1.82) is 0 Å². The van der Waals surface area contributed by atoms with Crippen LogP contribution in [0.3, 0.4) is 0 Å². The Morgan fingerprint density at radius 2 is 2.43 bits per heavy atom. The van der Waals surface area contributed by atoms with Gasteiger partial charge >= 0.3 is 0 Å². The highest BCUT2D eigenvalue weighted by molar-refractivity contribution is 5.85. The summed E-state index contributed by atoms with van der Waals surface area (Å²) in [5, 5.41) is 6.15. The minimum atomic E-state index is -0.392. The van der Waals surface area contributed by atoms with Crippen LogP contribution in [0, 0.1) is 5.92 Å². The number of rotatable bonds is 3. The lowest BCUT2D eigenvalue weighted by Crippen LogP contribution is -2.43. The summed E-state index contributed by atoms with van der Waals surface area (Å²) in [6.07, 6.45) is 2.41. The van der Waals surface area contributed by atoms with Gasteiger partial charge in [-0.1, -0.05) is 0 Å². The standard InChI is InChI=1S/C9H19N3O.ClH/c1-7(10)9(13)12-6-8-3-2-4-11-5-8;/h7-8,11H,2-6,10H2,1H3,(H,12,13);1H/t7-,8?;/m1./s1. The van der Waals surface area contributed by atoms with Gasteiger partial charge in [-0.15, -0.1) is 12.4 Å². The Bertz CT molecular complexity index is 169. The molecule has 5 heteroatoms. The minimum absolute atomic E-state index is 0. The zero-order chi connectivity index (χ0) is 9.68. The molecular weight excluding hydrogens is 202 g/mol. The van der Waals surface area contributed by atoms with Crippen molar-refractivity contribution in [2.75, 3.05) is 19.6 Å². The van der Waals surface area contributed by atoms with Gasteiger partial charge in [-0.05, 0) is 38.8 Å². The van der Waals surface area contributed by atoms with Gasteiger partial charge in [0.15, 0.2) is 0 Å². The number of nitrogens with one attached hydrogen (secondary N) is 2. The lowest BCUT2D eigenvalue weighted by Gasteiger charge is -2.23. The second kappa shape index (κ2) is 7.04. The maximum atomic E-state index is 11.1. The summed E-state index contributed by atoms with van der Waals surface area (Å²) < 4.78 is 0. The number of hydrogen-bond acceptors (Lipinski definition) is 3. The van der Waals surface area contributed by atoms with Crippen molar-refractivity contribution in [2.45, 2.75) is 25.8 Å². The molecule has 4 N–H and O–H groups in total. The topological polar surface area (TPSA) is 67.2 Å². The zero-order valence-electron chi connectivity index (χ0n) is 8.58. The molecule has 0 radical (unpaired) electrons. The van der Waals surface area contributed by atoms with E-state index in [1.165, 1.54) is 12.8 Å². The van der Waals surface area contributed by atoms with E-state index in [0.29, 0.717) is 5.92 Å². The number of carbonyl (C=O) groups excluding carboxylic acids is 1. The maximum Gasteiger partial charge on any atom is 0.236 e. The number of carbonyl (C=O) groups is 1. The van der Waals surface area contributed by atoms with E-state index in [-0.39, 0.29) is 18.3 Å². The molecule has 14 heavy (non-hydrogen) atoms. The zero-order valence-corrected chi connectivity index (χ0v) is 9.40. The van der Waals surface area contributed by atoms with E-state index in [0.717, 1.165) is 19.6 Å². The van der Waals surface area contributed by atoms with E-state index in [1.54, 1.807) is 6.92 Å². The molecule has 0 spiro atoms. The van der Waals surface area contributed by atoms with Gasteiger partial charge in [0.05, 0.1) is 6.04 Å². The highest BCUT2D eigenvalue weighted by Gasteiger charge is 2.14. The Morgan fingerprint density at radius 1 is 1.71 bits per heavy atom. The van der Waals surface area contributed by atoms with Crippen LogP contribution in [0.2, 0.25) is 0 Å². The number of nitrogens with two attached hydrogens (primary N) is 1. The van der Waals surface area contributed by atoms with E-state index < -0.39 is 6.04 Å². The fourth-order valence-corrected chi connectivity index (χ4v) is 1.50. The first-order valence-corrected chi connectivity index (χ1v) is 4.94. The van der Waals surface area contributed by atoms with Gasteiger partial charge in [0.1, 0.15) is 0 Å². The summed E-state index contributed by atoms with van der Waals surface area (Å²) in [6.45, 7) is 4.58. The van der Waals surface area contributed by atoms with Crippen molar-refractivity contribution in [3.63, 3.8) is 0 Å². The summed E-state index contributed by atoms with van der Waals surface area (Å²) in [4.78, 5) is 11.1. The third-order valence-corrected chi connectivity index (χ3v) is 2.38. The molecular formula is C9H20ClN3O. The van der Waals surface area contributed by atoms with Crippen LogP contribution < -0.4 is 16.4 Å². The lowest BCUT2D eigenvalue weighted by atomic mass is 10.00. The van der Waals surface area contributed by atoms with Crippen molar-refractivity contribution in [3.8, 4) is 0 Å². The highest BCUT2D eigenvalue weighted by atomic mass is 35.5. The number of hydrogen-bond donors (Lipinski definition) is 3. The van der Waals surface area contributed by atoms with Crippen LogP contribution in [-0.4, -0.2) is 31.6 Å². The van der Waals surface area contributed by atoms with Crippen molar-refractivity contribution < 1.29 is 4.79 Å². The molecule has 1 aliphatic heterocycles. The highest BCUT2D eigenvalue weighted by Crippen LogP contribution is 2.07. The second-order valence-corrected chi connectivity index (χ2v) is 3.75. The summed E-state index contributed by atoms with van der Waals surface area (Å²) >= 11 is 0. The van der Waals surface area contributed by atoms with E-state index in [9.17, 15) is 4.79 Å². The molecule has 0 aromatic rings. The van der Waals surface area contributed by atoms with Gasteiger partial charge in [-0.2, -0.15) is 0 Å². The van der Waals surface area contributed by atoms with Gasteiger partial charge in [-0.3, -0.25) is 4.79 Å². The Hall–Kier alpha value is -0.320. The van der Waals surface area contributed by atoms with Gasteiger partial charge in [-0.25, -0.2) is 0 Å². The van der Waals surface area contributed by atoms with Crippen LogP contribution in [-0.2, 0) is 4.79 Å². The molecule has 1 aliphatic rings. The molecule has 0 aliphatic carbocycles. The van der Waals surface area contributed by atoms with Gasteiger partial charge < -0.3 is 16.4 Å². The van der Waals surface area contributed by atoms with Crippen LogP contribution in [0.1, 0.15) is 19.8 Å². The molecule has 0 bridgehead atoms. The predicted molar refractivity (Wildman–Crippen MR) is 59.5 cm³/mol. The molecule has 84 valence electrons. The van der Waals surface area contributed by atoms with Crippen molar-refractivity contribution >= 4 is 18.3 Å². The van der Waals surface area contributed by atoms with Gasteiger partial charge in [0.2, 0.25) is 5.91 Å². The second-order valence-electron chi connectivity index (χ2n) is 3.75. The fourth-order valence-electron chi connectivity index (χ4n) is 1.50. The maximum absolute atomic E-state index is 11.1. The first-order chi connectivity index (χ1) is 6.20. The third-order valence-electron chi connectivity index (χ3n) is 2.38. The van der Waals surface area contributed by atoms with E-state index in [1.807, 2.05) is 0 Å². The molecule has 1 amide bonds. The summed E-state index contributed by atoms with van der Waals surface area (Å²) in [7, 11) is 0. The molecule has 1 saturated heterocycles. The Kier molecular flexibility index (Phi) is 6.87. The Balaban J connectivity index is 0.00000169. The molecule has 1 heterocycles. The van der Waals surface area contributed by atoms with E-state index in [2.05, 4.69) is 10.6 Å². The Morgan fingerprint density at radius 3 is 2.93 bits per heavy atom. The summed E-state index contributed by atoms with van der Waals surface area (Å²) in [5.74, 6) is 0.530. The normalized spacial score (nSPS) is 23.4. The summed E-state index contributed by atoms with van der Waals surface area (Å²) in [5.41, 5.74) is 5.42. The first kappa shape index (κ1) is 13.7. The fraction of sp³-hybridized carbons (Fsp3) is 0.889. The molecule has 1 unspecified atom stereocenters. The molecule has 1 fully saturated rings. The van der Waals surface area contributed by atoms with Crippen molar-refractivity contribution in [3.05, 3.63) is 0 Å². The summed E-state index contributed by atoms with van der Waals surface area (Å²) in [6, 6.07) is -0.392. The van der Waals surface area contributed by atoms with Gasteiger partial charge in [0, 0.05) is 6.54 Å². The largest absolute Gasteiger partial charge is 0.354 e.